The van der Waals surface area contributed by atoms with Crippen LogP contribution in [0, 0.1) is 5.92 Å². The molecule has 6 heteroatoms. The molecule has 0 bridgehead atoms. The van der Waals surface area contributed by atoms with Crippen LogP contribution in [0.1, 0.15) is 24.2 Å². The standard InChI is InChI=1S/C16H22N2O3S/c1-11(2)9-18(6-7-21-3)16(20)12-4-5-14-13(8-12)17-15(19)10-22-14/h4-5,8,11H,6-7,9-10H2,1-3H3,(H,17,19). The fourth-order valence-electron chi connectivity index (χ4n) is 2.32. The number of nitrogens with one attached hydrogen (secondary N) is 1. The molecule has 2 amide bonds. The Morgan fingerprint density at radius 2 is 2.23 bits per heavy atom. The highest BCUT2D eigenvalue weighted by atomic mass is 32.2. The molecule has 120 valence electrons. The van der Waals surface area contributed by atoms with E-state index in [-0.39, 0.29) is 11.8 Å². The minimum atomic E-state index is -0.0293. The zero-order valence-electron chi connectivity index (χ0n) is 13.2. The topological polar surface area (TPSA) is 58.6 Å². The van der Waals surface area contributed by atoms with Gasteiger partial charge in [0.1, 0.15) is 0 Å². The first kappa shape index (κ1) is 16.8. The Kier molecular flexibility index (Phi) is 5.85. The van der Waals surface area contributed by atoms with Gasteiger partial charge in [-0.3, -0.25) is 9.59 Å². The lowest BCUT2D eigenvalue weighted by Gasteiger charge is -2.25. The molecule has 5 nitrogen and oxygen atoms in total. The number of amides is 2. The number of fused-ring (bicyclic) bond motifs is 1. The first-order chi connectivity index (χ1) is 10.5. The van der Waals surface area contributed by atoms with Crippen LogP contribution in [0.3, 0.4) is 0 Å². The number of thioether (sulfide) groups is 1. The van der Waals surface area contributed by atoms with Crippen molar-refractivity contribution in [3.05, 3.63) is 23.8 Å². The van der Waals surface area contributed by atoms with Gasteiger partial charge in [0.15, 0.2) is 0 Å². The number of ether oxygens (including phenoxy) is 1. The van der Waals surface area contributed by atoms with Crippen molar-refractivity contribution >= 4 is 29.3 Å². The average molecular weight is 322 g/mol. The maximum absolute atomic E-state index is 12.7. The molecule has 1 heterocycles. The van der Waals surface area contributed by atoms with Gasteiger partial charge >= 0.3 is 0 Å². The smallest absolute Gasteiger partial charge is 0.254 e. The van der Waals surface area contributed by atoms with E-state index in [4.69, 9.17) is 4.74 Å². The molecule has 1 aromatic rings. The van der Waals surface area contributed by atoms with E-state index in [2.05, 4.69) is 19.2 Å². The van der Waals surface area contributed by atoms with Crippen LogP contribution >= 0.6 is 11.8 Å². The summed E-state index contributed by atoms with van der Waals surface area (Å²) >= 11 is 1.49. The van der Waals surface area contributed by atoms with E-state index in [9.17, 15) is 9.59 Å². The molecule has 0 fully saturated rings. The number of nitrogens with zero attached hydrogens (tertiary/aromatic N) is 1. The number of methoxy groups -OCH3 is 1. The lowest BCUT2D eigenvalue weighted by molar-refractivity contribution is -0.113. The van der Waals surface area contributed by atoms with Crippen molar-refractivity contribution in [1.29, 1.82) is 0 Å². The molecule has 1 aliphatic rings. The molecular weight excluding hydrogens is 300 g/mol. The van der Waals surface area contributed by atoms with Crippen LogP contribution in [-0.4, -0.2) is 49.3 Å². The minimum absolute atomic E-state index is 0.0273. The zero-order chi connectivity index (χ0) is 16.1. The third-order valence-electron chi connectivity index (χ3n) is 3.30. The highest BCUT2D eigenvalue weighted by Crippen LogP contribution is 2.32. The van der Waals surface area contributed by atoms with Crippen LogP contribution < -0.4 is 5.32 Å². The molecule has 0 aromatic heterocycles. The van der Waals surface area contributed by atoms with Gasteiger partial charge < -0.3 is 15.0 Å². The predicted molar refractivity (Wildman–Crippen MR) is 88.4 cm³/mol. The van der Waals surface area contributed by atoms with Crippen molar-refractivity contribution in [3.63, 3.8) is 0 Å². The SMILES string of the molecule is COCCN(CC(C)C)C(=O)c1ccc2c(c1)NC(=O)CS2. The number of rotatable bonds is 6. The maximum Gasteiger partial charge on any atom is 0.254 e. The summed E-state index contributed by atoms with van der Waals surface area (Å²) < 4.78 is 5.09. The summed E-state index contributed by atoms with van der Waals surface area (Å²) in [6, 6.07) is 5.49. The Morgan fingerprint density at radius 1 is 1.45 bits per heavy atom. The third kappa shape index (κ3) is 4.24. The van der Waals surface area contributed by atoms with E-state index >= 15 is 0 Å². The van der Waals surface area contributed by atoms with Gasteiger partial charge in [-0.25, -0.2) is 0 Å². The monoisotopic (exact) mass is 322 g/mol. The molecule has 1 aliphatic heterocycles. The lowest BCUT2D eigenvalue weighted by Crippen LogP contribution is -2.36. The van der Waals surface area contributed by atoms with E-state index in [1.54, 1.807) is 18.1 Å². The summed E-state index contributed by atoms with van der Waals surface area (Å²) in [6.07, 6.45) is 0. The summed E-state index contributed by atoms with van der Waals surface area (Å²) in [5, 5.41) is 2.82. The van der Waals surface area contributed by atoms with Crippen LogP contribution in [0.2, 0.25) is 0 Å². The van der Waals surface area contributed by atoms with E-state index in [0.717, 1.165) is 10.6 Å². The Labute approximate surface area is 135 Å². The summed E-state index contributed by atoms with van der Waals surface area (Å²) in [6.45, 7) is 5.91. The van der Waals surface area contributed by atoms with Crippen LogP contribution in [0.4, 0.5) is 5.69 Å². The van der Waals surface area contributed by atoms with Crippen molar-refractivity contribution < 1.29 is 14.3 Å². The van der Waals surface area contributed by atoms with E-state index < -0.39 is 0 Å². The van der Waals surface area contributed by atoms with Crippen molar-refractivity contribution in [3.8, 4) is 0 Å². The summed E-state index contributed by atoms with van der Waals surface area (Å²) in [5.41, 5.74) is 1.32. The van der Waals surface area contributed by atoms with Crippen LogP contribution in [-0.2, 0) is 9.53 Å². The van der Waals surface area contributed by atoms with Crippen LogP contribution in [0.25, 0.3) is 0 Å². The van der Waals surface area contributed by atoms with Crippen molar-refractivity contribution in [1.82, 2.24) is 4.90 Å². The lowest BCUT2D eigenvalue weighted by atomic mass is 10.1. The summed E-state index contributed by atoms with van der Waals surface area (Å²) in [7, 11) is 1.63. The van der Waals surface area contributed by atoms with Crippen molar-refractivity contribution in [2.24, 2.45) is 5.92 Å². The van der Waals surface area contributed by atoms with Gasteiger partial charge in [-0.05, 0) is 24.1 Å². The van der Waals surface area contributed by atoms with Crippen LogP contribution in [0.5, 0.6) is 0 Å². The van der Waals surface area contributed by atoms with Gasteiger partial charge in [-0.1, -0.05) is 13.8 Å². The summed E-state index contributed by atoms with van der Waals surface area (Å²) in [5.74, 6) is 0.751. The quantitative estimate of drug-likeness (QED) is 0.874. The number of hydrogen-bond acceptors (Lipinski definition) is 4. The fourth-order valence-corrected chi connectivity index (χ4v) is 3.11. The Balaban J connectivity index is 2.18. The first-order valence-electron chi connectivity index (χ1n) is 7.36. The third-order valence-corrected chi connectivity index (χ3v) is 4.37. The number of benzene rings is 1. The molecule has 0 spiro atoms. The van der Waals surface area contributed by atoms with Gasteiger partial charge in [-0.15, -0.1) is 11.8 Å². The molecule has 0 radical (unpaired) electrons. The highest BCUT2D eigenvalue weighted by Gasteiger charge is 2.20. The van der Waals surface area contributed by atoms with Gasteiger partial charge in [0.25, 0.3) is 5.91 Å². The predicted octanol–water partition coefficient (Wildman–Crippen LogP) is 2.48. The average Bonchev–Trinajstić information content (AvgIpc) is 2.49. The van der Waals surface area contributed by atoms with Gasteiger partial charge in [0.2, 0.25) is 5.91 Å². The molecular formula is C16H22N2O3S. The molecule has 0 atom stereocenters. The largest absolute Gasteiger partial charge is 0.383 e. The first-order valence-corrected chi connectivity index (χ1v) is 8.34. The normalized spacial score (nSPS) is 13.7. The van der Waals surface area contributed by atoms with Crippen LogP contribution in [0.15, 0.2) is 23.1 Å². The summed E-state index contributed by atoms with van der Waals surface area (Å²) in [4.78, 5) is 27.0. The van der Waals surface area contributed by atoms with E-state index in [0.29, 0.717) is 36.9 Å². The van der Waals surface area contributed by atoms with Gasteiger partial charge in [-0.2, -0.15) is 0 Å². The van der Waals surface area contributed by atoms with Gasteiger partial charge in [0, 0.05) is 30.7 Å². The van der Waals surface area contributed by atoms with E-state index in [1.807, 2.05) is 12.1 Å². The maximum atomic E-state index is 12.7. The molecule has 1 aromatic carbocycles. The molecule has 0 saturated heterocycles. The molecule has 22 heavy (non-hydrogen) atoms. The van der Waals surface area contributed by atoms with Crippen molar-refractivity contribution in [2.75, 3.05) is 37.9 Å². The number of carbonyl (C=O) groups is 2. The second-order valence-electron chi connectivity index (χ2n) is 5.69. The number of hydrogen-bond donors (Lipinski definition) is 1. The highest BCUT2D eigenvalue weighted by molar-refractivity contribution is 8.00. The number of carbonyl (C=O) groups excluding carboxylic acids is 2. The second kappa shape index (κ2) is 7.65. The van der Waals surface area contributed by atoms with Crippen molar-refractivity contribution in [2.45, 2.75) is 18.7 Å². The molecule has 2 rings (SSSR count). The Hall–Kier alpha value is -1.53. The van der Waals surface area contributed by atoms with Gasteiger partial charge in [0.05, 0.1) is 18.0 Å². The number of anilines is 1. The molecule has 0 aliphatic carbocycles. The van der Waals surface area contributed by atoms with E-state index in [1.165, 1.54) is 11.8 Å². The minimum Gasteiger partial charge on any atom is -0.383 e. The fraction of sp³-hybridized carbons (Fsp3) is 0.500. The Morgan fingerprint density at radius 3 is 2.91 bits per heavy atom. The Bertz CT molecular complexity index is 560. The molecule has 0 unspecified atom stereocenters. The molecule has 1 N–H and O–H groups in total. The molecule has 0 saturated carbocycles. The second-order valence-corrected chi connectivity index (χ2v) is 6.70. The zero-order valence-corrected chi connectivity index (χ0v) is 14.0.